The fourth-order valence-corrected chi connectivity index (χ4v) is 4.15. The molecule has 29 heavy (non-hydrogen) atoms. The Balaban J connectivity index is 1.18. The van der Waals surface area contributed by atoms with Gasteiger partial charge in [0.05, 0.1) is 18.5 Å². The zero-order valence-corrected chi connectivity index (χ0v) is 17.5. The number of rotatable bonds is 7. The summed E-state index contributed by atoms with van der Waals surface area (Å²) in [5, 5.41) is 6.73. The maximum absolute atomic E-state index is 12.2. The van der Waals surface area contributed by atoms with E-state index < -0.39 is 0 Å². The van der Waals surface area contributed by atoms with E-state index in [4.69, 9.17) is 16.3 Å². The molecule has 1 aliphatic rings. The topological polar surface area (TPSA) is 70.6 Å². The van der Waals surface area contributed by atoms with Gasteiger partial charge in [0.1, 0.15) is 29.3 Å². The molecule has 4 rings (SSSR count). The number of carbonyl (C=O) groups is 1. The number of aromatic nitrogens is 2. The Kier molecular flexibility index (Phi) is 6.43. The number of benzene rings is 1. The van der Waals surface area contributed by atoms with Crippen molar-refractivity contribution < 1.29 is 9.53 Å². The molecule has 3 aromatic rings. The Morgan fingerprint density at radius 1 is 1.14 bits per heavy atom. The summed E-state index contributed by atoms with van der Waals surface area (Å²) in [6, 6.07) is 9.25. The Bertz CT molecular complexity index is 957. The van der Waals surface area contributed by atoms with E-state index in [0.29, 0.717) is 24.7 Å². The van der Waals surface area contributed by atoms with Gasteiger partial charge in [-0.05, 0) is 35.7 Å². The lowest BCUT2D eigenvalue weighted by atomic mass is 10.2. The lowest BCUT2D eigenvalue weighted by Gasteiger charge is -2.35. The highest BCUT2D eigenvalue weighted by molar-refractivity contribution is 7.16. The Morgan fingerprint density at radius 2 is 1.93 bits per heavy atom. The number of piperazine rings is 1. The molecule has 2 aromatic heterocycles. The molecule has 3 heterocycles. The Morgan fingerprint density at radius 3 is 2.72 bits per heavy atom. The third-order valence-corrected chi connectivity index (χ3v) is 5.86. The molecule has 0 unspecified atom stereocenters. The van der Waals surface area contributed by atoms with Crippen molar-refractivity contribution in [2.24, 2.45) is 0 Å². The minimum atomic E-state index is 0.0143. The smallest absolute Gasteiger partial charge is 0.234 e. The average Bonchev–Trinajstić information content (AvgIpc) is 3.22. The van der Waals surface area contributed by atoms with Gasteiger partial charge >= 0.3 is 0 Å². The summed E-state index contributed by atoms with van der Waals surface area (Å²) in [5.74, 6) is 1.74. The first kappa shape index (κ1) is 19.9. The maximum Gasteiger partial charge on any atom is 0.234 e. The predicted octanol–water partition coefficient (Wildman–Crippen LogP) is 2.66. The van der Waals surface area contributed by atoms with Crippen LogP contribution in [0.4, 0.5) is 5.82 Å². The van der Waals surface area contributed by atoms with Crippen molar-refractivity contribution >= 4 is 44.9 Å². The monoisotopic (exact) mass is 431 g/mol. The molecule has 1 saturated heterocycles. The minimum Gasteiger partial charge on any atom is -0.492 e. The molecule has 7 nitrogen and oxygen atoms in total. The highest BCUT2D eigenvalue weighted by Crippen LogP contribution is 2.27. The van der Waals surface area contributed by atoms with Gasteiger partial charge in [-0.2, -0.15) is 0 Å². The van der Waals surface area contributed by atoms with E-state index in [-0.39, 0.29) is 5.91 Å². The van der Waals surface area contributed by atoms with Crippen molar-refractivity contribution in [3.05, 3.63) is 47.1 Å². The maximum atomic E-state index is 12.2. The summed E-state index contributed by atoms with van der Waals surface area (Å²) in [5.41, 5.74) is 0. The van der Waals surface area contributed by atoms with Crippen LogP contribution in [0.2, 0.25) is 5.02 Å². The fraction of sp³-hybridized carbons (Fsp3) is 0.350. The molecule has 0 aliphatic carbocycles. The average molecular weight is 432 g/mol. The van der Waals surface area contributed by atoms with Crippen LogP contribution >= 0.6 is 22.9 Å². The van der Waals surface area contributed by atoms with Gasteiger partial charge in [-0.3, -0.25) is 9.69 Å². The first-order valence-electron chi connectivity index (χ1n) is 9.49. The number of halogens is 1. The van der Waals surface area contributed by atoms with E-state index in [1.807, 2.05) is 17.5 Å². The number of thiophene rings is 1. The Labute approximate surface area is 178 Å². The number of ether oxygens (including phenoxy) is 1. The number of carbonyl (C=O) groups excluding carboxylic acids is 1. The predicted molar refractivity (Wildman–Crippen MR) is 116 cm³/mol. The zero-order valence-electron chi connectivity index (χ0n) is 15.9. The second-order valence-corrected chi connectivity index (χ2v) is 8.08. The van der Waals surface area contributed by atoms with Crippen LogP contribution < -0.4 is 15.0 Å². The van der Waals surface area contributed by atoms with Crippen molar-refractivity contribution in [3.8, 4) is 5.75 Å². The van der Waals surface area contributed by atoms with Gasteiger partial charge in [-0.25, -0.2) is 9.97 Å². The summed E-state index contributed by atoms with van der Waals surface area (Å²) in [6.07, 6.45) is 1.63. The van der Waals surface area contributed by atoms with E-state index in [9.17, 15) is 4.79 Å². The third kappa shape index (κ3) is 5.14. The molecule has 1 aromatic carbocycles. The molecule has 1 N–H and O–H groups in total. The van der Waals surface area contributed by atoms with Gasteiger partial charge in [0.25, 0.3) is 0 Å². The molecule has 0 radical (unpaired) electrons. The SMILES string of the molecule is O=C(CN1CCN(c2ncnc3sccc23)CC1)NCCOc1ccc(Cl)cc1. The highest BCUT2D eigenvalue weighted by Gasteiger charge is 2.21. The van der Waals surface area contributed by atoms with Crippen LogP contribution in [0.5, 0.6) is 5.75 Å². The van der Waals surface area contributed by atoms with Gasteiger partial charge in [0.2, 0.25) is 5.91 Å². The van der Waals surface area contributed by atoms with Gasteiger partial charge in [-0.1, -0.05) is 11.6 Å². The van der Waals surface area contributed by atoms with Crippen molar-refractivity contribution in [1.29, 1.82) is 0 Å². The molecule has 1 fully saturated rings. The van der Waals surface area contributed by atoms with Crippen molar-refractivity contribution in [1.82, 2.24) is 20.2 Å². The molecular weight excluding hydrogens is 410 g/mol. The molecule has 0 spiro atoms. The van der Waals surface area contributed by atoms with Crippen LogP contribution in [0, 0.1) is 0 Å². The number of nitrogens with zero attached hydrogens (tertiary/aromatic N) is 4. The lowest BCUT2D eigenvalue weighted by molar-refractivity contribution is -0.122. The quantitative estimate of drug-likeness (QED) is 0.580. The van der Waals surface area contributed by atoms with Crippen LogP contribution in [0.3, 0.4) is 0 Å². The van der Waals surface area contributed by atoms with E-state index in [1.165, 1.54) is 0 Å². The first-order chi connectivity index (χ1) is 14.2. The zero-order chi connectivity index (χ0) is 20.1. The van der Waals surface area contributed by atoms with Crippen LogP contribution in [0.1, 0.15) is 0 Å². The highest BCUT2D eigenvalue weighted by atomic mass is 35.5. The van der Waals surface area contributed by atoms with Gasteiger partial charge in [-0.15, -0.1) is 11.3 Å². The number of amides is 1. The molecular formula is C20H22ClN5O2S. The normalized spacial score (nSPS) is 14.9. The Hall–Kier alpha value is -2.42. The third-order valence-electron chi connectivity index (χ3n) is 4.79. The fourth-order valence-electron chi connectivity index (χ4n) is 3.30. The number of hydrogen-bond donors (Lipinski definition) is 1. The number of hydrogen-bond acceptors (Lipinski definition) is 7. The number of anilines is 1. The standard InChI is InChI=1S/C20H22ClN5O2S/c21-15-1-3-16(4-2-15)28-11-6-22-18(27)13-25-7-9-26(10-8-25)19-17-5-12-29-20(17)24-14-23-19/h1-5,12,14H,6-11,13H2,(H,22,27). The van der Waals surface area contributed by atoms with E-state index in [1.54, 1.807) is 29.8 Å². The van der Waals surface area contributed by atoms with Crippen LogP contribution in [0.15, 0.2) is 42.0 Å². The second kappa shape index (κ2) is 9.39. The van der Waals surface area contributed by atoms with Gasteiger partial charge in [0.15, 0.2) is 0 Å². The summed E-state index contributed by atoms with van der Waals surface area (Å²) in [4.78, 5) is 26.4. The molecule has 0 bridgehead atoms. The van der Waals surface area contributed by atoms with Gasteiger partial charge in [0, 0.05) is 31.2 Å². The summed E-state index contributed by atoms with van der Waals surface area (Å²) >= 11 is 7.47. The lowest BCUT2D eigenvalue weighted by Crippen LogP contribution is -2.50. The first-order valence-corrected chi connectivity index (χ1v) is 10.8. The molecule has 0 saturated carbocycles. The largest absolute Gasteiger partial charge is 0.492 e. The van der Waals surface area contributed by atoms with Crippen LogP contribution in [-0.2, 0) is 4.79 Å². The summed E-state index contributed by atoms with van der Waals surface area (Å²) in [6.45, 7) is 4.62. The molecule has 0 atom stereocenters. The van der Waals surface area contributed by atoms with E-state index >= 15 is 0 Å². The second-order valence-electron chi connectivity index (χ2n) is 6.75. The molecule has 9 heteroatoms. The van der Waals surface area contributed by atoms with Crippen LogP contribution in [0.25, 0.3) is 10.2 Å². The number of nitrogens with one attached hydrogen (secondary N) is 1. The van der Waals surface area contributed by atoms with Gasteiger partial charge < -0.3 is 15.0 Å². The molecule has 152 valence electrons. The van der Waals surface area contributed by atoms with Crippen molar-refractivity contribution in [2.75, 3.05) is 50.8 Å². The van der Waals surface area contributed by atoms with Crippen molar-refractivity contribution in [3.63, 3.8) is 0 Å². The van der Waals surface area contributed by atoms with E-state index in [2.05, 4.69) is 31.2 Å². The van der Waals surface area contributed by atoms with Crippen molar-refractivity contribution in [2.45, 2.75) is 0 Å². The number of fused-ring (bicyclic) bond motifs is 1. The van der Waals surface area contributed by atoms with E-state index in [0.717, 1.165) is 48.0 Å². The summed E-state index contributed by atoms with van der Waals surface area (Å²) in [7, 11) is 0. The molecule has 1 amide bonds. The minimum absolute atomic E-state index is 0.0143. The van der Waals surface area contributed by atoms with Crippen LogP contribution in [-0.4, -0.2) is 66.7 Å². The molecule has 1 aliphatic heterocycles. The summed E-state index contributed by atoms with van der Waals surface area (Å²) < 4.78 is 5.59.